The number of aromatic nitrogens is 2. The Morgan fingerprint density at radius 3 is 2.78 bits per heavy atom. The molecule has 1 aromatic heterocycles. The third kappa shape index (κ3) is 3.06. The summed E-state index contributed by atoms with van der Waals surface area (Å²) >= 11 is 3.37. The van der Waals surface area contributed by atoms with Gasteiger partial charge in [-0.25, -0.2) is 14.4 Å². The van der Waals surface area contributed by atoms with Crippen molar-refractivity contribution >= 4 is 33.7 Å². The van der Waals surface area contributed by atoms with E-state index in [1.54, 1.807) is 18.2 Å². The van der Waals surface area contributed by atoms with Crippen molar-refractivity contribution < 1.29 is 14.0 Å². The molecule has 4 rings (SSSR count). The molecule has 0 saturated heterocycles. The van der Waals surface area contributed by atoms with E-state index in [1.807, 2.05) is 6.07 Å². The van der Waals surface area contributed by atoms with Crippen LogP contribution in [-0.4, -0.2) is 45.9 Å². The molecule has 2 aliphatic rings. The minimum Gasteiger partial charge on any atom is -0.328 e. The minimum absolute atomic E-state index is 0.0392. The Labute approximate surface area is 162 Å². The Hall–Kier alpha value is -2.86. The first-order valence-electron chi connectivity index (χ1n) is 8.18. The minimum atomic E-state index is -1.04. The van der Waals surface area contributed by atoms with Crippen molar-refractivity contribution in [2.75, 3.05) is 18.4 Å². The van der Waals surface area contributed by atoms with Crippen molar-refractivity contribution in [2.24, 2.45) is 0 Å². The van der Waals surface area contributed by atoms with Gasteiger partial charge >= 0.3 is 0 Å². The molecule has 7 nitrogen and oxygen atoms in total. The number of anilines is 1. The van der Waals surface area contributed by atoms with Crippen LogP contribution in [0.1, 0.15) is 27.9 Å². The summed E-state index contributed by atoms with van der Waals surface area (Å²) in [5.74, 6) is -0.754. The smallest absolute Gasteiger partial charge is 0.254 e. The largest absolute Gasteiger partial charge is 0.328 e. The van der Waals surface area contributed by atoms with Gasteiger partial charge in [-0.2, -0.15) is 5.26 Å². The van der Waals surface area contributed by atoms with E-state index in [-0.39, 0.29) is 30.5 Å². The van der Waals surface area contributed by atoms with Gasteiger partial charge < -0.3 is 4.90 Å². The average molecular weight is 430 g/mol. The van der Waals surface area contributed by atoms with E-state index in [1.165, 1.54) is 17.3 Å². The van der Waals surface area contributed by atoms with Gasteiger partial charge in [0.25, 0.3) is 5.91 Å². The molecule has 0 unspecified atom stereocenters. The molecule has 1 aromatic carbocycles. The topological polar surface area (TPSA) is 99.0 Å². The number of nitrogens with zero attached hydrogens (tertiary/aromatic N) is 4. The van der Waals surface area contributed by atoms with Crippen LogP contribution >= 0.6 is 15.9 Å². The molecule has 1 aliphatic carbocycles. The fraction of sp³-hybridized carbons (Fsp3) is 0.278. The van der Waals surface area contributed by atoms with Crippen LogP contribution in [0.2, 0.25) is 0 Å². The second-order valence-corrected chi connectivity index (χ2v) is 7.55. The number of carbonyl (C=O) groups is 2. The summed E-state index contributed by atoms with van der Waals surface area (Å²) in [5.41, 5.74) is 0.651. The van der Waals surface area contributed by atoms with E-state index in [4.69, 9.17) is 5.26 Å². The molecule has 1 aliphatic heterocycles. The molecule has 1 saturated carbocycles. The molecular formula is C18H13BrFN5O2. The van der Waals surface area contributed by atoms with Gasteiger partial charge in [-0.15, -0.1) is 0 Å². The highest BCUT2D eigenvalue weighted by Crippen LogP contribution is 2.54. The van der Waals surface area contributed by atoms with E-state index in [0.717, 1.165) is 4.47 Å². The van der Waals surface area contributed by atoms with Gasteiger partial charge in [0, 0.05) is 22.0 Å². The lowest BCUT2D eigenvalue weighted by atomic mass is 9.86. The van der Waals surface area contributed by atoms with Gasteiger partial charge in [-0.3, -0.25) is 14.9 Å². The normalized spacial score (nSPS) is 22.9. The zero-order valence-corrected chi connectivity index (χ0v) is 15.5. The van der Waals surface area contributed by atoms with Crippen LogP contribution in [0.3, 0.4) is 0 Å². The average Bonchev–Trinajstić information content (AvgIpc) is 3.30. The highest BCUT2D eigenvalue weighted by molar-refractivity contribution is 9.10. The van der Waals surface area contributed by atoms with Crippen LogP contribution in [-0.2, 0) is 10.2 Å². The highest BCUT2D eigenvalue weighted by Gasteiger charge is 2.61. The predicted octanol–water partition coefficient (Wildman–Crippen LogP) is 2.18. The number of alkyl halides is 1. The SMILES string of the molecule is N#Cc1cnc(NC(=O)CN2C[C@@]3(C[C@@H]3F)c3cc(Br)ccc3C2=O)nc1. The number of benzene rings is 1. The van der Waals surface area contributed by atoms with Crippen molar-refractivity contribution in [1.29, 1.82) is 5.26 Å². The number of hydrogen-bond donors (Lipinski definition) is 1. The Kier molecular flexibility index (Phi) is 4.15. The van der Waals surface area contributed by atoms with Crippen LogP contribution in [0.25, 0.3) is 0 Å². The monoisotopic (exact) mass is 429 g/mol. The fourth-order valence-electron chi connectivity index (χ4n) is 3.40. The summed E-state index contributed by atoms with van der Waals surface area (Å²) in [7, 11) is 0. The van der Waals surface area contributed by atoms with E-state index in [2.05, 4.69) is 31.2 Å². The van der Waals surface area contributed by atoms with Crippen molar-refractivity contribution in [1.82, 2.24) is 14.9 Å². The molecule has 1 fully saturated rings. The summed E-state index contributed by atoms with van der Waals surface area (Å²) in [6.45, 7) is -0.0791. The molecule has 2 aromatic rings. The third-order valence-electron chi connectivity index (χ3n) is 4.86. The van der Waals surface area contributed by atoms with E-state index < -0.39 is 17.5 Å². The Bertz CT molecular complexity index is 990. The number of rotatable bonds is 3. The van der Waals surface area contributed by atoms with Gasteiger partial charge in [0.05, 0.1) is 18.0 Å². The predicted molar refractivity (Wildman–Crippen MR) is 96.6 cm³/mol. The number of halogens is 2. The highest BCUT2D eigenvalue weighted by atomic mass is 79.9. The quantitative estimate of drug-likeness (QED) is 0.805. The van der Waals surface area contributed by atoms with Gasteiger partial charge in [-0.05, 0) is 30.2 Å². The Morgan fingerprint density at radius 2 is 2.15 bits per heavy atom. The summed E-state index contributed by atoms with van der Waals surface area (Å²) in [6, 6.07) is 7.05. The molecule has 2 atom stereocenters. The van der Waals surface area contributed by atoms with Crippen molar-refractivity contribution in [3.63, 3.8) is 0 Å². The van der Waals surface area contributed by atoms with Crippen LogP contribution in [0.15, 0.2) is 35.1 Å². The zero-order chi connectivity index (χ0) is 19.2. The van der Waals surface area contributed by atoms with Crippen LogP contribution in [0.5, 0.6) is 0 Å². The molecule has 1 N–H and O–H groups in total. The summed E-state index contributed by atoms with van der Waals surface area (Å²) < 4.78 is 15.0. The Morgan fingerprint density at radius 1 is 1.44 bits per heavy atom. The molecule has 27 heavy (non-hydrogen) atoms. The lowest BCUT2D eigenvalue weighted by Crippen LogP contribution is -2.47. The van der Waals surface area contributed by atoms with Gasteiger partial charge in [0.2, 0.25) is 11.9 Å². The van der Waals surface area contributed by atoms with Gasteiger partial charge in [0.1, 0.15) is 18.8 Å². The lowest BCUT2D eigenvalue weighted by molar-refractivity contribution is -0.117. The van der Waals surface area contributed by atoms with Crippen molar-refractivity contribution in [3.05, 3.63) is 51.8 Å². The van der Waals surface area contributed by atoms with Crippen LogP contribution in [0, 0.1) is 11.3 Å². The number of carbonyl (C=O) groups excluding carboxylic acids is 2. The fourth-order valence-corrected chi connectivity index (χ4v) is 3.76. The maximum atomic E-state index is 14.2. The number of amides is 2. The lowest BCUT2D eigenvalue weighted by Gasteiger charge is -2.34. The number of nitriles is 1. The van der Waals surface area contributed by atoms with Gasteiger partial charge in [0.15, 0.2) is 0 Å². The third-order valence-corrected chi connectivity index (χ3v) is 5.35. The molecule has 2 heterocycles. The molecule has 136 valence electrons. The maximum Gasteiger partial charge on any atom is 0.254 e. The number of nitrogens with one attached hydrogen (secondary N) is 1. The Balaban J connectivity index is 1.52. The summed E-state index contributed by atoms with van der Waals surface area (Å²) in [4.78, 5) is 34.2. The summed E-state index contributed by atoms with van der Waals surface area (Å²) in [6.07, 6.45) is 1.87. The number of hydrogen-bond acceptors (Lipinski definition) is 5. The molecule has 2 amide bonds. The van der Waals surface area contributed by atoms with E-state index in [9.17, 15) is 14.0 Å². The van der Waals surface area contributed by atoms with Crippen molar-refractivity contribution in [3.8, 4) is 6.07 Å². The molecule has 0 bridgehead atoms. The standard InChI is InChI=1S/C18H13BrFN5O2/c19-11-1-2-12-13(3-11)18(4-14(18)20)9-25(16(12)27)8-15(26)24-17-22-6-10(5-21)7-23-17/h1-3,6-7,14H,4,8-9H2,(H,22,23,24,26)/t14-,18-/m0/s1. The second kappa shape index (κ2) is 6.39. The first kappa shape index (κ1) is 17.5. The molecule has 1 spiro atoms. The van der Waals surface area contributed by atoms with E-state index in [0.29, 0.717) is 17.5 Å². The second-order valence-electron chi connectivity index (χ2n) is 6.63. The van der Waals surface area contributed by atoms with Crippen LogP contribution < -0.4 is 5.32 Å². The van der Waals surface area contributed by atoms with Gasteiger partial charge in [-0.1, -0.05) is 15.9 Å². The molecule has 9 heteroatoms. The molecule has 0 radical (unpaired) electrons. The maximum absolute atomic E-state index is 14.2. The van der Waals surface area contributed by atoms with E-state index >= 15 is 0 Å². The first-order chi connectivity index (χ1) is 12.9. The first-order valence-corrected chi connectivity index (χ1v) is 8.97. The zero-order valence-electron chi connectivity index (χ0n) is 13.9. The molecular weight excluding hydrogens is 417 g/mol. The number of fused-ring (bicyclic) bond motifs is 2. The van der Waals surface area contributed by atoms with Crippen LogP contribution in [0.4, 0.5) is 10.3 Å². The van der Waals surface area contributed by atoms with Crippen molar-refractivity contribution in [2.45, 2.75) is 18.0 Å². The summed E-state index contributed by atoms with van der Waals surface area (Å²) in [5, 5.41) is 11.2.